The lowest BCUT2D eigenvalue weighted by Gasteiger charge is -2.03. The summed E-state index contributed by atoms with van der Waals surface area (Å²) >= 11 is 1.26. The first-order valence-corrected chi connectivity index (χ1v) is 9.31. The molecule has 146 valence electrons. The Hall–Kier alpha value is -3.27. The highest BCUT2D eigenvalue weighted by molar-refractivity contribution is 7.15. The van der Waals surface area contributed by atoms with Crippen LogP contribution in [-0.4, -0.2) is 41.1 Å². The van der Waals surface area contributed by atoms with E-state index in [9.17, 15) is 9.59 Å². The SMILES string of the molecule is CNC(=O)Cc1cnc(NC(=O)CCc2nc(-c3ccccc3OC)no2)s1. The number of amides is 2. The van der Waals surface area contributed by atoms with Gasteiger partial charge in [-0.15, -0.1) is 11.3 Å². The molecule has 0 fully saturated rings. The molecule has 3 rings (SSSR count). The summed E-state index contributed by atoms with van der Waals surface area (Å²) in [5, 5.41) is 9.65. The number of aryl methyl sites for hydroxylation is 1. The molecule has 0 bridgehead atoms. The van der Waals surface area contributed by atoms with Crippen molar-refractivity contribution < 1.29 is 18.8 Å². The van der Waals surface area contributed by atoms with Crippen LogP contribution in [0.25, 0.3) is 11.4 Å². The molecule has 1 aromatic carbocycles. The van der Waals surface area contributed by atoms with Gasteiger partial charge in [0.1, 0.15) is 5.75 Å². The molecule has 2 amide bonds. The van der Waals surface area contributed by atoms with E-state index >= 15 is 0 Å². The molecule has 3 aromatic rings. The molecule has 9 nitrogen and oxygen atoms in total. The number of benzene rings is 1. The van der Waals surface area contributed by atoms with Crippen LogP contribution in [-0.2, 0) is 22.4 Å². The number of likely N-dealkylation sites (N-methyl/N-ethyl adjacent to an activating group) is 1. The van der Waals surface area contributed by atoms with Crippen molar-refractivity contribution in [2.24, 2.45) is 0 Å². The van der Waals surface area contributed by atoms with E-state index in [-0.39, 0.29) is 24.7 Å². The molecular weight excluding hydrogens is 382 g/mol. The zero-order valence-corrected chi connectivity index (χ0v) is 16.2. The molecule has 0 spiro atoms. The number of methoxy groups -OCH3 is 1. The minimum absolute atomic E-state index is 0.108. The van der Waals surface area contributed by atoms with Crippen LogP contribution >= 0.6 is 11.3 Å². The van der Waals surface area contributed by atoms with Crippen LogP contribution in [0.2, 0.25) is 0 Å². The fourth-order valence-corrected chi connectivity index (χ4v) is 3.22. The van der Waals surface area contributed by atoms with Crippen LogP contribution in [0.5, 0.6) is 5.75 Å². The number of nitrogens with zero attached hydrogens (tertiary/aromatic N) is 3. The average Bonchev–Trinajstić information content (AvgIpc) is 3.35. The zero-order chi connectivity index (χ0) is 19.9. The largest absolute Gasteiger partial charge is 0.496 e. The van der Waals surface area contributed by atoms with Gasteiger partial charge in [0.2, 0.25) is 23.5 Å². The van der Waals surface area contributed by atoms with Crippen LogP contribution in [0.1, 0.15) is 17.2 Å². The normalized spacial score (nSPS) is 10.5. The summed E-state index contributed by atoms with van der Waals surface area (Å²) in [5.74, 6) is 1.08. The highest BCUT2D eigenvalue weighted by Crippen LogP contribution is 2.27. The molecule has 0 radical (unpaired) electrons. The van der Waals surface area contributed by atoms with Crippen LogP contribution in [0, 0.1) is 0 Å². The Labute approximate surface area is 165 Å². The van der Waals surface area contributed by atoms with Crippen molar-refractivity contribution in [1.82, 2.24) is 20.4 Å². The summed E-state index contributed by atoms with van der Waals surface area (Å²) in [6.07, 6.45) is 2.27. The number of anilines is 1. The topological polar surface area (TPSA) is 119 Å². The fourth-order valence-electron chi connectivity index (χ4n) is 2.39. The third-order valence-electron chi connectivity index (χ3n) is 3.80. The van der Waals surface area contributed by atoms with Gasteiger partial charge in [-0.05, 0) is 12.1 Å². The maximum atomic E-state index is 12.1. The van der Waals surface area contributed by atoms with Gasteiger partial charge in [-0.3, -0.25) is 9.59 Å². The maximum absolute atomic E-state index is 12.1. The first-order valence-electron chi connectivity index (χ1n) is 8.50. The van der Waals surface area contributed by atoms with Gasteiger partial charge in [0, 0.05) is 31.0 Å². The Kier molecular flexibility index (Phi) is 6.33. The number of carbonyl (C=O) groups is 2. The lowest BCUT2D eigenvalue weighted by molar-refractivity contribution is -0.120. The third-order valence-corrected chi connectivity index (χ3v) is 4.71. The standard InChI is InChI=1S/C18H19N5O4S/c1-19-15(25)9-11-10-20-18(28-11)21-14(24)7-8-16-22-17(23-27-16)12-5-3-4-6-13(12)26-2/h3-6,10H,7-9H2,1-2H3,(H,19,25)(H,20,21,24). The Morgan fingerprint density at radius 3 is 2.86 bits per heavy atom. The van der Waals surface area contributed by atoms with Crippen molar-refractivity contribution in [3.8, 4) is 17.1 Å². The number of hydrogen-bond donors (Lipinski definition) is 2. The van der Waals surface area contributed by atoms with Gasteiger partial charge in [0.05, 0.1) is 19.1 Å². The predicted molar refractivity (Wildman–Crippen MR) is 103 cm³/mol. The smallest absolute Gasteiger partial charge is 0.227 e. The molecule has 0 unspecified atom stereocenters. The van der Waals surface area contributed by atoms with Crippen molar-refractivity contribution in [2.75, 3.05) is 19.5 Å². The van der Waals surface area contributed by atoms with Crippen molar-refractivity contribution in [1.29, 1.82) is 0 Å². The summed E-state index contributed by atoms with van der Waals surface area (Å²) in [4.78, 5) is 32.7. The van der Waals surface area contributed by atoms with E-state index in [1.54, 1.807) is 20.4 Å². The quantitative estimate of drug-likeness (QED) is 0.593. The number of thiazole rings is 1. The predicted octanol–water partition coefficient (Wildman–Crippen LogP) is 2.06. The second-order valence-electron chi connectivity index (χ2n) is 5.74. The van der Waals surface area contributed by atoms with E-state index in [1.165, 1.54) is 11.3 Å². The molecule has 0 saturated carbocycles. The Morgan fingerprint density at radius 2 is 2.07 bits per heavy atom. The van der Waals surface area contributed by atoms with Gasteiger partial charge in [0.15, 0.2) is 5.13 Å². The monoisotopic (exact) mass is 401 g/mol. The van der Waals surface area contributed by atoms with Crippen molar-refractivity contribution >= 4 is 28.3 Å². The molecule has 10 heteroatoms. The second kappa shape index (κ2) is 9.09. The van der Waals surface area contributed by atoms with Crippen molar-refractivity contribution in [3.63, 3.8) is 0 Å². The van der Waals surface area contributed by atoms with E-state index < -0.39 is 0 Å². The fraction of sp³-hybridized carbons (Fsp3) is 0.278. The summed E-state index contributed by atoms with van der Waals surface area (Å²) in [5.41, 5.74) is 0.718. The lowest BCUT2D eigenvalue weighted by atomic mass is 10.2. The minimum atomic E-state index is -0.224. The minimum Gasteiger partial charge on any atom is -0.496 e. The van der Waals surface area contributed by atoms with Crippen LogP contribution < -0.4 is 15.4 Å². The summed E-state index contributed by atoms with van der Waals surface area (Å²) < 4.78 is 10.5. The van der Waals surface area contributed by atoms with Crippen LogP contribution in [0.15, 0.2) is 35.0 Å². The third kappa shape index (κ3) is 4.92. The number of ether oxygens (including phenoxy) is 1. The van der Waals surface area contributed by atoms with Gasteiger partial charge >= 0.3 is 0 Å². The van der Waals surface area contributed by atoms with Crippen LogP contribution in [0.4, 0.5) is 5.13 Å². The van der Waals surface area contributed by atoms with E-state index in [2.05, 4.69) is 25.8 Å². The van der Waals surface area contributed by atoms with Gasteiger partial charge in [-0.25, -0.2) is 4.98 Å². The van der Waals surface area contributed by atoms with Crippen molar-refractivity contribution in [2.45, 2.75) is 19.3 Å². The van der Waals surface area contributed by atoms with Gasteiger partial charge in [-0.2, -0.15) is 4.98 Å². The summed E-state index contributed by atoms with van der Waals surface area (Å²) in [6.45, 7) is 0. The molecule has 0 saturated heterocycles. The Balaban J connectivity index is 1.54. The zero-order valence-electron chi connectivity index (χ0n) is 15.4. The summed E-state index contributed by atoms with van der Waals surface area (Å²) in [7, 11) is 3.14. The number of carbonyl (C=O) groups excluding carboxylic acids is 2. The number of para-hydroxylation sites is 1. The Bertz CT molecular complexity index is 968. The number of hydrogen-bond acceptors (Lipinski definition) is 8. The average molecular weight is 401 g/mol. The molecule has 0 aliphatic carbocycles. The second-order valence-corrected chi connectivity index (χ2v) is 6.86. The van der Waals surface area contributed by atoms with E-state index in [0.717, 1.165) is 10.4 Å². The lowest BCUT2D eigenvalue weighted by Crippen LogP contribution is -2.19. The molecule has 2 N–H and O–H groups in total. The number of aromatic nitrogens is 3. The highest BCUT2D eigenvalue weighted by Gasteiger charge is 2.14. The Morgan fingerprint density at radius 1 is 1.25 bits per heavy atom. The highest BCUT2D eigenvalue weighted by atomic mass is 32.1. The molecule has 2 aromatic heterocycles. The van der Waals surface area contributed by atoms with E-state index in [4.69, 9.17) is 9.26 Å². The van der Waals surface area contributed by atoms with E-state index in [1.807, 2.05) is 24.3 Å². The van der Waals surface area contributed by atoms with Crippen LogP contribution in [0.3, 0.4) is 0 Å². The first kappa shape index (κ1) is 19.5. The van der Waals surface area contributed by atoms with E-state index in [0.29, 0.717) is 29.0 Å². The molecule has 28 heavy (non-hydrogen) atoms. The van der Waals surface area contributed by atoms with Crippen molar-refractivity contribution in [3.05, 3.63) is 41.2 Å². The molecular formula is C18H19N5O4S. The molecule has 2 heterocycles. The summed E-state index contributed by atoms with van der Waals surface area (Å²) in [6, 6.07) is 7.35. The van der Waals surface area contributed by atoms with Gasteiger partial charge < -0.3 is 19.9 Å². The maximum Gasteiger partial charge on any atom is 0.227 e. The molecule has 0 atom stereocenters. The molecule has 0 aliphatic heterocycles. The number of nitrogens with one attached hydrogen (secondary N) is 2. The van der Waals surface area contributed by atoms with Gasteiger partial charge in [0.25, 0.3) is 0 Å². The number of rotatable bonds is 8. The molecule has 0 aliphatic rings. The van der Waals surface area contributed by atoms with Gasteiger partial charge in [-0.1, -0.05) is 17.3 Å². The first-order chi connectivity index (χ1) is 13.6.